The van der Waals surface area contributed by atoms with Crippen LogP contribution in [0, 0.1) is 0 Å². The van der Waals surface area contributed by atoms with E-state index in [1.165, 1.54) is 27.8 Å². The number of hydrogen-bond donors (Lipinski definition) is 0. The molecule has 0 amide bonds. The first kappa shape index (κ1) is 26.9. The van der Waals surface area contributed by atoms with E-state index < -0.39 is 0 Å². The van der Waals surface area contributed by atoms with Gasteiger partial charge >= 0.3 is 0 Å². The van der Waals surface area contributed by atoms with Crippen molar-refractivity contribution in [2.45, 2.75) is 19.3 Å². The maximum absolute atomic E-state index is 5.03. The van der Waals surface area contributed by atoms with Crippen molar-refractivity contribution >= 4 is 0 Å². The molecule has 0 fully saturated rings. The lowest BCUT2D eigenvalue weighted by Gasteiger charge is -2.22. The Bertz CT molecular complexity index is 2190. The van der Waals surface area contributed by atoms with Crippen LogP contribution in [-0.4, -0.2) is 19.9 Å². The SMILES string of the molecule is CC1(C)c2ccccc2-c2ccc(-c3cccc(-c4nc(-c5cccnc5)nc(-c5cccc(-c6ccccc6)c5)n4)c3)cc21. The lowest BCUT2D eigenvalue weighted by molar-refractivity contribution is 0.660. The van der Waals surface area contributed by atoms with Crippen LogP contribution < -0.4 is 0 Å². The van der Waals surface area contributed by atoms with E-state index in [1.807, 2.05) is 18.2 Å². The Labute approximate surface area is 263 Å². The van der Waals surface area contributed by atoms with Crippen molar-refractivity contribution in [2.75, 3.05) is 0 Å². The van der Waals surface area contributed by atoms with Crippen LogP contribution in [0.1, 0.15) is 25.0 Å². The van der Waals surface area contributed by atoms with Gasteiger partial charge in [0.05, 0.1) is 0 Å². The molecule has 0 atom stereocenters. The minimum Gasteiger partial charge on any atom is -0.264 e. The highest BCUT2D eigenvalue weighted by Crippen LogP contribution is 2.49. The zero-order valence-electron chi connectivity index (χ0n) is 25.1. The second kappa shape index (κ2) is 10.8. The molecule has 214 valence electrons. The third-order valence-electron chi connectivity index (χ3n) is 8.82. The molecule has 2 aromatic heterocycles. The van der Waals surface area contributed by atoms with E-state index in [1.54, 1.807) is 12.4 Å². The quantitative estimate of drug-likeness (QED) is 0.204. The van der Waals surface area contributed by atoms with Gasteiger partial charge in [-0.25, -0.2) is 15.0 Å². The van der Waals surface area contributed by atoms with Crippen molar-refractivity contribution in [1.29, 1.82) is 0 Å². The van der Waals surface area contributed by atoms with E-state index in [0.29, 0.717) is 17.5 Å². The van der Waals surface area contributed by atoms with Gasteiger partial charge in [-0.15, -0.1) is 0 Å². The van der Waals surface area contributed by atoms with Gasteiger partial charge in [0.1, 0.15) is 0 Å². The van der Waals surface area contributed by atoms with Crippen LogP contribution in [0.3, 0.4) is 0 Å². The molecule has 0 radical (unpaired) electrons. The highest BCUT2D eigenvalue weighted by molar-refractivity contribution is 5.84. The molecular weight excluding hydrogens is 548 g/mol. The monoisotopic (exact) mass is 578 g/mol. The number of hydrogen-bond acceptors (Lipinski definition) is 4. The van der Waals surface area contributed by atoms with E-state index in [2.05, 4.69) is 134 Å². The van der Waals surface area contributed by atoms with Gasteiger partial charge in [0.15, 0.2) is 17.5 Å². The fourth-order valence-electron chi connectivity index (χ4n) is 6.45. The summed E-state index contributed by atoms with van der Waals surface area (Å²) in [4.78, 5) is 19.3. The van der Waals surface area contributed by atoms with Gasteiger partial charge in [-0.05, 0) is 74.8 Å². The van der Waals surface area contributed by atoms with Crippen molar-refractivity contribution in [2.24, 2.45) is 0 Å². The lowest BCUT2D eigenvalue weighted by atomic mass is 9.81. The minimum absolute atomic E-state index is 0.0600. The molecule has 0 saturated heterocycles. The Balaban J connectivity index is 1.23. The smallest absolute Gasteiger partial charge is 0.165 e. The van der Waals surface area contributed by atoms with Gasteiger partial charge in [0.25, 0.3) is 0 Å². The van der Waals surface area contributed by atoms with Crippen molar-refractivity contribution in [3.8, 4) is 67.5 Å². The maximum Gasteiger partial charge on any atom is 0.165 e. The summed E-state index contributed by atoms with van der Waals surface area (Å²) in [7, 11) is 0. The number of rotatable bonds is 5. The van der Waals surface area contributed by atoms with Gasteiger partial charge in [0.2, 0.25) is 0 Å². The number of fused-ring (bicyclic) bond motifs is 3. The highest BCUT2D eigenvalue weighted by atomic mass is 15.0. The summed E-state index contributed by atoms with van der Waals surface area (Å²) >= 11 is 0. The molecule has 2 heterocycles. The Hall–Kier alpha value is -5.74. The zero-order valence-corrected chi connectivity index (χ0v) is 25.1. The molecule has 8 rings (SSSR count). The Morgan fingerprint density at radius 2 is 0.933 bits per heavy atom. The normalized spacial score (nSPS) is 12.8. The molecule has 0 N–H and O–H groups in total. The van der Waals surface area contributed by atoms with Gasteiger partial charge in [-0.1, -0.05) is 117 Å². The van der Waals surface area contributed by atoms with Crippen LogP contribution >= 0.6 is 0 Å². The maximum atomic E-state index is 5.03. The summed E-state index contributed by atoms with van der Waals surface area (Å²) in [6.07, 6.45) is 3.56. The Morgan fingerprint density at radius 1 is 0.400 bits per heavy atom. The average Bonchev–Trinajstić information content (AvgIpc) is 3.34. The first-order chi connectivity index (χ1) is 22.0. The summed E-state index contributed by atoms with van der Waals surface area (Å²) in [5.41, 5.74) is 12.6. The molecule has 7 aromatic rings. The zero-order chi connectivity index (χ0) is 30.4. The van der Waals surface area contributed by atoms with Crippen LogP contribution in [0.2, 0.25) is 0 Å². The molecule has 0 spiro atoms. The number of nitrogens with zero attached hydrogens (tertiary/aromatic N) is 4. The molecule has 0 saturated carbocycles. The van der Waals surface area contributed by atoms with Crippen LogP contribution in [0.4, 0.5) is 0 Å². The summed E-state index contributed by atoms with van der Waals surface area (Å²) in [5, 5.41) is 0. The van der Waals surface area contributed by atoms with Gasteiger partial charge in [-0.3, -0.25) is 4.98 Å². The van der Waals surface area contributed by atoms with Crippen molar-refractivity contribution in [1.82, 2.24) is 19.9 Å². The standard InChI is InChI=1S/C41H30N4/c1-41(2)36-19-7-6-18-34(36)35-21-20-30(25-37(35)41)29-14-9-16-32(24-29)39-43-38(44-40(45-39)33-17-10-22-42-26-33)31-15-8-13-28(23-31)27-11-4-3-5-12-27/h3-26H,1-2H3. The second-order valence-electron chi connectivity index (χ2n) is 12.0. The molecule has 0 bridgehead atoms. The van der Waals surface area contributed by atoms with E-state index in [-0.39, 0.29) is 5.41 Å². The fourth-order valence-corrected chi connectivity index (χ4v) is 6.45. The Morgan fingerprint density at radius 3 is 1.62 bits per heavy atom. The molecular formula is C41H30N4. The fraction of sp³-hybridized carbons (Fsp3) is 0.0732. The predicted molar refractivity (Wildman–Crippen MR) is 182 cm³/mol. The van der Waals surface area contributed by atoms with Gasteiger partial charge in [-0.2, -0.15) is 0 Å². The van der Waals surface area contributed by atoms with Crippen molar-refractivity contribution in [3.05, 3.63) is 157 Å². The summed E-state index contributed by atoms with van der Waals surface area (Å²) < 4.78 is 0. The third-order valence-corrected chi connectivity index (χ3v) is 8.82. The highest BCUT2D eigenvalue weighted by Gasteiger charge is 2.35. The minimum atomic E-state index is -0.0600. The summed E-state index contributed by atoms with van der Waals surface area (Å²) in [6.45, 7) is 4.63. The molecule has 5 aromatic carbocycles. The van der Waals surface area contributed by atoms with Crippen molar-refractivity contribution in [3.63, 3.8) is 0 Å². The van der Waals surface area contributed by atoms with E-state index in [4.69, 9.17) is 15.0 Å². The van der Waals surface area contributed by atoms with Crippen LogP contribution in [-0.2, 0) is 5.41 Å². The van der Waals surface area contributed by atoms with Gasteiger partial charge in [0, 0.05) is 34.5 Å². The first-order valence-electron chi connectivity index (χ1n) is 15.2. The molecule has 1 aliphatic rings. The number of benzene rings is 5. The predicted octanol–water partition coefficient (Wildman–Crippen LogP) is 9.91. The second-order valence-corrected chi connectivity index (χ2v) is 12.0. The lowest BCUT2D eigenvalue weighted by Crippen LogP contribution is -2.14. The number of pyridine rings is 1. The average molecular weight is 579 g/mol. The number of aromatic nitrogens is 4. The third kappa shape index (κ3) is 4.81. The molecule has 4 heteroatoms. The van der Waals surface area contributed by atoms with E-state index >= 15 is 0 Å². The van der Waals surface area contributed by atoms with Crippen LogP contribution in [0.15, 0.2) is 146 Å². The van der Waals surface area contributed by atoms with Crippen molar-refractivity contribution < 1.29 is 0 Å². The van der Waals surface area contributed by atoms with E-state index in [0.717, 1.165) is 33.4 Å². The first-order valence-corrected chi connectivity index (χ1v) is 15.2. The molecule has 0 unspecified atom stereocenters. The van der Waals surface area contributed by atoms with E-state index in [9.17, 15) is 0 Å². The Kier molecular flexibility index (Phi) is 6.42. The molecule has 0 aliphatic heterocycles. The van der Waals surface area contributed by atoms with Crippen LogP contribution in [0.25, 0.3) is 67.5 Å². The molecule has 1 aliphatic carbocycles. The van der Waals surface area contributed by atoms with Crippen LogP contribution in [0.5, 0.6) is 0 Å². The topological polar surface area (TPSA) is 51.6 Å². The molecule has 4 nitrogen and oxygen atoms in total. The summed E-state index contributed by atoms with van der Waals surface area (Å²) in [6, 6.07) is 46.7. The molecule has 45 heavy (non-hydrogen) atoms. The summed E-state index contributed by atoms with van der Waals surface area (Å²) in [5.74, 6) is 1.84. The largest absolute Gasteiger partial charge is 0.264 e. The van der Waals surface area contributed by atoms with Gasteiger partial charge < -0.3 is 0 Å².